The molecule has 1 amide bonds. The topological polar surface area (TPSA) is 108 Å². The minimum absolute atomic E-state index is 0.139. The average molecular weight is 398 g/mol. The normalized spacial score (nSPS) is 20.8. The van der Waals surface area contributed by atoms with Gasteiger partial charge in [-0.15, -0.1) is 0 Å². The van der Waals surface area contributed by atoms with E-state index in [2.05, 4.69) is 0 Å². The predicted molar refractivity (Wildman–Crippen MR) is 96.8 cm³/mol. The van der Waals surface area contributed by atoms with Gasteiger partial charge >= 0.3 is 5.97 Å². The number of hydrogen-bond donors (Lipinski definition) is 1. The molecule has 1 N–H and O–H groups in total. The zero-order valence-electron chi connectivity index (χ0n) is 15.3. The molecule has 0 aliphatic carbocycles. The highest BCUT2D eigenvalue weighted by atomic mass is 32.2. The van der Waals surface area contributed by atoms with E-state index < -0.39 is 21.8 Å². The molecule has 0 saturated carbocycles. The molecule has 2 aliphatic rings. The van der Waals surface area contributed by atoms with Gasteiger partial charge in [-0.3, -0.25) is 4.79 Å². The van der Waals surface area contributed by atoms with Gasteiger partial charge in [0.05, 0.1) is 0 Å². The fraction of sp³-hybridized carbons (Fsp3) is 0.667. The quantitative estimate of drug-likeness (QED) is 0.833. The van der Waals surface area contributed by atoms with Crippen molar-refractivity contribution in [3.05, 3.63) is 17.9 Å². The summed E-state index contributed by atoms with van der Waals surface area (Å²) in [6.07, 6.45) is 6.55. The van der Waals surface area contributed by atoms with E-state index in [1.54, 1.807) is 0 Å². The molecule has 0 spiro atoms. The van der Waals surface area contributed by atoms with Gasteiger partial charge in [-0.1, -0.05) is 19.3 Å². The lowest BCUT2D eigenvalue weighted by atomic mass is 9.95. The molecule has 0 unspecified atom stereocenters. The number of aromatic carboxylic acids is 1. The number of likely N-dealkylation sites (tertiary alicyclic amines) is 1. The third-order valence-corrected chi connectivity index (χ3v) is 7.13. The molecule has 27 heavy (non-hydrogen) atoms. The Hall–Kier alpha value is -1.87. The molecule has 2 aliphatic heterocycles. The van der Waals surface area contributed by atoms with Gasteiger partial charge in [0.15, 0.2) is 0 Å². The summed E-state index contributed by atoms with van der Waals surface area (Å²) >= 11 is 0. The molecule has 3 rings (SSSR count). The third-order valence-electron chi connectivity index (χ3n) is 5.36. The molecule has 9 heteroatoms. The maximum absolute atomic E-state index is 12.8. The first kappa shape index (κ1) is 19.9. The summed E-state index contributed by atoms with van der Waals surface area (Å²) in [4.78, 5) is 25.6. The standard InChI is InChI=1S/C18H26N2O6S/c21-17(19-10-4-2-1-3-5-11-19)14-8-12-20(13-9-14)27(24,25)16-7-6-15(26-16)18(22)23/h6-7,14H,1-5,8-13H2,(H,22,23). The van der Waals surface area contributed by atoms with Crippen LogP contribution in [0.4, 0.5) is 0 Å². The highest BCUT2D eigenvalue weighted by Crippen LogP contribution is 2.27. The Morgan fingerprint density at radius 1 is 0.963 bits per heavy atom. The Bertz CT molecular complexity index is 772. The fourth-order valence-electron chi connectivity index (χ4n) is 3.77. The Kier molecular flexibility index (Phi) is 6.21. The van der Waals surface area contributed by atoms with E-state index in [1.165, 1.54) is 10.7 Å². The Labute approximate surface area is 159 Å². The zero-order chi connectivity index (χ0) is 19.4. The highest BCUT2D eigenvalue weighted by molar-refractivity contribution is 7.89. The van der Waals surface area contributed by atoms with Crippen LogP contribution in [0.2, 0.25) is 0 Å². The maximum atomic E-state index is 12.8. The van der Waals surface area contributed by atoms with Crippen LogP contribution in [-0.4, -0.2) is 60.8 Å². The van der Waals surface area contributed by atoms with Gasteiger partial charge in [-0.2, -0.15) is 4.31 Å². The smallest absolute Gasteiger partial charge is 0.371 e. The first-order valence-corrected chi connectivity index (χ1v) is 11.0. The predicted octanol–water partition coefficient (Wildman–Crippen LogP) is 2.17. The van der Waals surface area contributed by atoms with Crippen molar-refractivity contribution in [3.8, 4) is 0 Å². The number of amides is 1. The lowest BCUT2D eigenvalue weighted by molar-refractivity contribution is -0.137. The van der Waals surface area contributed by atoms with Crippen LogP contribution < -0.4 is 0 Å². The molecular weight excluding hydrogens is 372 g/mol. The molecule has 1 aromatic rings. The van der Waals surface area contributed by atoms with Crippen molar-refractivity contribution in [2.24, 2.45) is 5.92 Å². The van der Waals surface area contributed by atoms with E-state index in [0.29, 0.717) is 12.8 Å². The van der Waals surface area contributed by atoms with E-state index in [0.717, 1.165) is 50.9 Å². The number of carbonyl (C=O) groups excluding carboxylic acids is 1. The number of rotatable bonds is 4. The molecule has 0 atom stereocenters. The molecular formula is C18H26N2O6S. The van der Waals surface area contributed by atoms with E-state index in [4.69, 9.17) is 9.52 Å². The minimum atomic E-state index is -3.88. The summed E-state index contributed by atoms with van der Waals surface area (Å²) in [6.45, 7) is 2.05. The van der Waals surface area contributed by atoms with E-state index >= 15 is 0 Å². The van der Waals surface area contributed by atoms with Crippen molar-refractivity contribution in [1.82, 2.24) is 9.21 Å². The summed E-state index contributed by atoms with van der Waals surface area (Å²) in [7, 11) is -3.88. The summed E-state index contributed by atoms with van der Waals surface area (Å²) < 4.78 is 31.5. The van der Waals surface area contributed by atoms with Crippen molar-refractivity contribution >= 4 is 21.9 Å². The highest BCUT2D eigenvalue weighted by Gasteiger charge is 2.35. The molecule has 3 heterocycles. The van der Waals surface area contributed by atoms with Crippen LogP contribution in [-0.2, 0) is 14.8 Å². The van der Waals surface area contributed by atoms with Gasteiger partial charge in [0.1, 0.15) is 0 Å². The second-order valence-electron chi connectivity index (χ2n) is 7.20. The minimum Gasteiger partial charge on any atom is -0.475 e. The van der Waals surface area contributed by atoms with Crippen LogP contribution >= 0.6 is 0 Å². The molecule has 8 nitrogen and oxygen atoms in total. The van der Waals surface area contributed by atoms with Crippen molar-refractivity contribution in [2.45, 2.75) is 50.0 Å². The molecule has 2 fully saturated rings. The second-order valence-corrected chi connectivity index (χ2v) is 9.06. The van der Waals surface area contributed by atoms with Gasteiger partial charge in [-0.25, -0.2) is 13.2 Å². The zero-order valence-corrected chi connectivity index (χ0v) is 16.1. The van der Waals surface area contributed by atoms with Crippen LogP contribution in [0.25, 0.3) is 0 Å². The fourth-order valence-corrected chi connectivity index (χ4v) is 5.15. The van der Waals surface area contributed by atoms with Crippen molar-refractivity contribution in [1.29, 1.82) is 0 Å². The number of carboxylic acids is 1. The van der Waals surface area contributed by atoms with E-state index in [9.17, 15) is 18.0 Å². The number of furan rings is 1. The van der Waals surface area contributed by atoms with Crippen molar-refractivity contribution in [2.75, 3.05) is 26.2 Å². The maximum Gasteiger partial charge on any atom is 0.371 e. The van der Waals surface area contributed by atoms with Gasteiger partial charge in [-0.05, 0) is 37.8 Å². The Morgan fingerprint density at radius 3 is 2.11 bits per heavy atom. The lowest BCUT2D eigenvalue weighted by Crippen LogP contribution is -2.45. The van der Waals surface area contributed by atoms with Gasteiger partial charge < -0.3 is 14.4 Å². The van der Waals surface area contributed by atoms with Crippen LogP contribution in [0.1, 0.15) is 55.5 Å². The summed E-state index contributed by atoms with van der Waals surface area (Å²) in [5.41, 5.74) is 0. The number of piperidine rings is 1. The first-order valence-electron chi connectivity index (χ1n) is 9.51. The van der Waals surface area contributed by atoms with Crippen LogP contribution in [0.3, 0.4) is 0 Å². The molecule has 150 valence electrons. The Morgan fingerprint density at radius 2 is 1.56 bits per heavy atom. The molecule has 0 aromatic carbocycles. The molecule has 2 saturated heterocycles. The molecule has 0 radical (unpaired) electrons. The summed E-state index contributed by atoms with van der Waals surface area (Å²) in [5.74, 6) is -1.73. The SMILES string of the molecule is O=C(O)c1ccc(S(=O)(=O)N2CCC(C(=O)N3CCCCCCC3)CC2)o1. The number of carboxylic acid groups (broad SMARTS) is 1. The monoisotopic (exact) mass is 398 g/mol. The second kappa shape index (κ2) is 8.43. The van der Waals surface area contributed by atoms with E-state index in [1.807, 2.05) is 4.90 Å². The van der Waals surface area contributed by atoms with Crippen LogP contribution in [0.5, 0.6) is 0 Å². The van der Waals surface area contributed by atoms with Gasteiger partial charge in [0.25, 0.3) is 10.0 Å². The van der Waals surface area contributed by atoms with Crippen LogP contribution in [0.15, 0.2) is 21.6 Å². The number of hydrogen-bond acceptors (Lipinski definition) is 5. The summed E-state index contributed by atoms with van der Waals surface area (Å²) in [5, 5.41) is 8.52. The first-order chi connectivity index (χ1) is 12.9. The third kappa shape index (κ3) is 4.52. The molecule has 1 aromatic heterocycles. The average Bonchev–Trinajstić information content (AvgIpc) is 3.12. The van der Waals surface area contributed by atoms with E-state index in [-0.39, 0.29) is 30.0 Å². The number of carbonyl (C=O) groups is 2. The Balaban J connectivity index is 1.60. The number of sulfonamides is 1. The van der Waals surface area contributed by atoms with Crippen molar-refractivity contribution < 1.29 is 27.5 Å². The lowest BCUT2D eigenvalue weighted by Gasteiger charge is -2.34. The van der Waals surface area contributed by atoms with Gasteiger partial charge in [0.2, 0.25) is 16.8 Å². The van der Waals surface area contributed by atoms with Crippen LogP contribution in [0, 0.1) is 5.92 Å². The summed E-state index contributed by atoms with van der Waals surface area (Å²) in [6, 6.07) is 2.30. The molecule has 0 bridgehead atoms. The number of nitrogens with zero attached hydrogens (tertiary/aromatic N) is 2. The largest absolute Gasteiger partial charge is 0.475 e. The van der Waals surface area contributed by atoms with Gasteiger partial charge in [0, 0.05) is 32.1 Å². The van der Waals surface area contributed by atoms with Crippen molar-refractivity contribution in [3.63, 3.8) is 0 Å².